The van der Waals surface area contributed by atoms with Crippen LogP contribution in [0.1, 0.15) is 18.5 Å². The Morgan fingerprint density at radius 2 is 2.07 bits per heavy atom. The van der Waals surface area contributed by atoms with Gasteiger partial charge in [-0.3, -0.25) is 0 Å². The van der Waals surface area contributed by atoms with Crippen molar-refractivity contribution in [1.82, 2.24) is 5.32 Å². The highest BCUT2D eigenvalue weighted by Gasteiger charge is 2.06. The topological polar surface area (TPSA) is 12.0 Å². The number of benzene rings is 1. The van der Waals surface area contributed by atoms with Crippen LogP contribution in [0, 0.1) is 0 Å². The fourth-order valence-corrected chi connectivity index (χ4v) is 1.75. The molecule has 0 radical (unpaired) electrons. The van der Waals surface area contributed by atoms with Gasteiger partial charge >= 0.3 is 0 Å². The van der Waals surface area contributed by atoms with Gasteiger partial charge in [-0.15, -0.1) is 11.6 Å². The standard InChI is InChI=1S/C12H15Cl2N/c1-10(15-9-5-4-8-13)11-6-2-3-7-12(11)14/h2-7,10,15H,8-9H2,1H3/b5-4+/t10-/m1/s1. The Bertz CT molecular complexity index is 323. The maximum Gasteiger partial charge on any atom is 0.0453 e. The first-order chi connectivity index (χ1) is 7.25. The van der Waals surface area contributed by atoms with Gasteiger partial charge in [-0.25, -0.2) is 0 Å². The average molecular weight is 244 g/mol. The van der Waals surface area contributed by atoms with E-state index in [2.05, 4.69) is 12.2 Å². The van der Waals surface area contributed by atoms with Crippen LogP contribution in [0.2, 0.25) is 5.02 Å². The largest absolute Gasteiger partial charge is 0.307 e. The zero-order chi connectivity index (χ0) is 11.1. The van der Waals surface area contributed by atoms with Crippen LogP contribution in [0.4, 0.5) is 0 Å². The molecule has 0 saturated carbocycles. The minimum absolute atomic E-state index is 0.249. The van der Waals surface area contributed by atoms with Crippen LogP contribution in [0.25, 0.3) is 0 Å². The molecule has 0 aliphatic heterocycles. The van der Waals surface area contributed by atoms with Crippen molar-refractivity contribution in [3.63, 3.8) is 0 Å². The average Bonchev–Trinajstić information content (AvgIpc) is 2.25. The molecule has 0 aromatic heterocycles. The molecule has 82 valence electrons. The van der Waals surface area contributed by atoms with Crippen molar-refractivity contribution in [3.8, 4) is 0 Å². The van der Waals surface area contributed by atoms with Crippen LogP contribution < -0.4 is 5.32 Å². The molecule has 0 aliphatic rings. The molecule has 0 bridgehead atoms. The highest BCUT2D eigenvalue weighted by molar-refractivity contribution is 6.31. The predicted molar refractivity (Wildman–Crippen MR) is 67.7 cm³/mol. The van der Waals surface area contributed by atoms with Crippen molar-refractivity contribution in [3.05, 3.63) is 47.0 Å². The number of hydrogen-bond donors (Lipinski definition) is 1. The first kappa shape index (κ1) is 12.6. The molecule has 1 aromatic rings. The Hall–Kier alpha value is -0.500. The third-order valence-corrected chi connectivity index (χ3v) is 2.69. The molecule has 0 unspecified atom stereocenters. The Balaban J connectivity index is 2.50. The molecule has 0 spiro atoms. The third-order valence-electron chi connectivity index (χ3n) is 2.17. The number of alkyl halides is 1. The zero-order valence-corrected chi connectivity index (χ0v) is 10.2. The van der Waals surface area contributed by atoms with E-state index in [9.17, 15) is 0 Å². The molecule has 0 heterocycles. The molecule has 1 atom stereocenters. The zero-order valence-electron chi connectivity index (χ0n) is 8.71. The quantitative estimate of drug-likeness (QED) is 0.613. The van der Waals surface area contributed by atoms with E-state index in [0.29, 0.717) is 5.88 Å². The van der Waals surface area contributed by atoms with Crippen LogP contribution >= 0.6 is 23.2 Å². The summed E-state index contributed by atoms with van der Waals surface area (Å²) in [4.78, 5) is 0. The minimum atomic E-state index is 0.249. The van der Waals surface area contributed by atoms with Gasteiger partial charge < -0.3 is 5.32 Å². The number of hydrogen-bond acceptors (Lipinski definition) is 1. The maximum absolute atomic E-state index is 6.08. The van der Waals surface area contributed by atoms with E-state index in [1.807, 2.05) is 36.4 Å². The Morgan fingerprint density at radius 3 is 2.73 bits per heavy atom. The molecule has 1 rings (SSSR count). The lowest BCUT2D eigenvalue weighted by molar-refractivity contribution is 0.617. The van der Waals surface area contributed by atoms with Crippen LogP contribution in [-0.2, 0) is 0 Å². The van der Waals surface area contributed by atoms with Crippen LogP contribution in [0.5, 0.6) is 0 Å². The van der Waals surface area contributed by atoms with Crippen molar-refractivity contribution in [2.24, 2.45) is 0 Å². The van der Waals surface area contributed by atoms with Crippen molar-refractivity contribution >= 4 is 23.2 Å². The van der Waals surface area contributed by atoms with E-state index in [0.717, 1.165) is 17.1 Å². The predicted octanol–water partition coefficient (Wildman–Crippen LogP) is 3.79. The van der Waals surface area contributed by atoms with Gasteiger partial charge in [-0.1, -0.05) is 42.0 Å². The minimum Gasteiger partial charge on any atom is -0.307 e. The van der Waals surface area contributed by atoms with Gasteiger partial charge in [0.2, 0.25) is 0 Å². The fraction of sp³-hybridized carbons (Fsp3) is 0.333. The molecule has 15 heavy (non-hydrogen) atoms. The van der Waals surface area contributed by atoms with E-state index in [1.54, 1.807) is 0 Å². The summed E-state index contributed by atoms with van der Waals surface area (Å²) >= 11 is 11.6. The van der Waals surface area contributed by atoms with Crippen molar-refractivity contribution in [1.29, 1.82) is 0 Å². The summed E-state index contributed by atoms with van der Waals surface area (Å²) in [5, 5.41) is 4.15. The van der Waals surface area contributed by atoms with Crippen LogP contribution in [0.3, 0.4) is 0 Å². The first-order valence-electron chi connectivity index (χ1n) is 4.94. The van der Waals surface area contributed by atoms with Gasteiger partial charge in [0.05, 0.1) is 0 Å². The second kappa shape index (κ2) is 6.89. The maximum atomic E-state index is 6.08. The highest BCUT2D eigenvalue weighted by Crippen LogP contribution is 2.21. The Labute approximate surface area is 101 Å². The van der Waals surface area contributed by atoms with E-state index in [4.69, 9.17) is 23.2 Å². The van der Waals surface area contributed by atoms with Gasteiger partial charge in [0.25, 0.3) is 0 Å². The molecule has 0 fully saturated rings. The van der Waals surface area contributed by atoms with Gasteiger partial charge in [-0.2, -0.15) is 0 Å². The number of halogens is 2. The first-order valence-corrected chi connectivity index (χ1v) is 5.85. The monoisotopic (exact) mass is 243 g/mol. The van der Waals surface area contributed by atoms with E-state index < -0.39 is 0 Å². The van der Waals surface area contributed by atoms with E-state index in [1.165, 1.54) is 0 Å². The molecule has 1 N–H and O–H groups in total. The summed E-state index contributed by atoms with van der Waals surface area (Å²) < 4.78 is 0. The summed E-state index contributed by atoms with van der Waals surface area (Å²) in [5.74, 6) is 0.558. The van der Waals surface area contributed by atoms with E-state index >= 15 is 0 Å². The summed E-state index contributed by atoms with van der Waals surface area (Å²) in [6.45, 7) is 2.90. The second-order valence-electron chi connectivity index (χ2n) is 3.28. The lowest BCUT2D eigenvalue weighted by Gasteiger charge is -2.14. The number of rotatable bonds is 5. The number of allylic oxidation sites excluding steroid dienone is 1. The highest BCUT2D eigenvalue weighted by atomic mass is 35.5. The molecular weight excluding hydrogens is 229 g/mol. The normalized spacial score (nSPS) is 13.3. The summed E-state index contributed by atoms with van der Waals surface area (Å²) in [5.41, 5.74) is 1.12. The van der Waals surface area contributed by atoms with Crippen LogP contribution in [-0.4, -0.2) is 12.4 Å². The molecule has 1 aromatic carbocycles. The van der Waals surface area contributed by atoms with Gasteiger partial charge in [0, 0.05) is 23.5 Å². The Morgan fingerprint density at radius 1 is 1.33 bits per heavy atom. The fourth-order valence-electron chi connectivity index (χ4n) is 1.33. The Kier molecular flexibility index (Phi) is 5.77. The van der Waals surface area contributed by atoms with Crippen molar-refractivity contribution < 1.29 is 0 Å². The third kappa shape index (κ3) is 4.25. The summed E-state index contributed by atoms with van der Waals surface area (Å²) in [7, 11) is 0. The smallest absolute Gasteiger partial charge is 0.0453 e. The summed E-state index contributed by atoms with van der Waals surface area (Å²) in [6, 6.07) is 8.12. The van der Waals surface area contributed by atoms with Gasteiger partial charge in [0.1, 0.15) is 0 Å². The van der Waals surface area contributed by atoms with Crippen molar-refractivity contribution in [2.75, 3.05) is 12.4 Å². The number of nitrogens with one attached hydrogen (secondary N) is 1. The molecule has 1 nitrogen and oxygen atoms in total. The van der Waals surface area contributed by atoms with Crippen molar-refractivity contribution in [2.45, 2.75) is 13.0 Å². The van der Waals surface area contributed by atoms with E-state index in [-0.39, 0.29) is 6.04 Å². The van der Waals surface area contributed by atoms with Crippen LogP contribution in [0.15, 0.2) is 36.4 Å². The molecule has 3 heteroatoms. The van der Waals surface area contributed by atoms with Gasteiger partial charge in [0.15, 0.2) is 0 Å². The second-order valence-corrected chi connectivity index (χ2v) is 3.99. The lowest BCUT2D eigenvalue weighted by Crippen LogP contribution is -2.18. The molecule has 0 saturated heterocycles. The molecule has 0 amide bonds. The lowest BCUT2D eigenvalue weighted by atomic mass is 10.1. The summed E-state index contributed by atoms with van der Waals surface area (Å²) in [6.07, 6.45) is 3.94. The molecule has 0 aliphatic carbocycles. The molecular formula is C12H15Cl2N. The van der Waals surface area contributed by atoms with Gasteiger partial charge in [-0.05, 0) is 18.6 Å². The SMILES string of the molecule is C[C@@H](NC/C=C/CCl)c1ccccc1Cl.